The fraction of sp³-hybridized carbons (Fsp3) is 0.308. The van der Waals surface area contributed by atoms with Gasteiger partial charge in [-0.1, -0.05) is 0 Å². The maximum atomic E-state index is 12.0. The summed E-state index contributed by atoms with van der Waals surface area (Å²) in [4.78, 5) is 0.176. The first-order chi connectivity index (χ1) is 9.82. The summed E-state index contributed by atoms with van der Waals surface area (Å²) in [6, 6.07) is 4.66. The molecule has 21 heavy (non-hydrogen) atoms. The second-order valence-corrected chi connectivity index (χ2v) is 7.06. The molecule has 0 bridgehead atoms. The van der Waals surface area contributed by atoms with Gasteiger partial charge in [0.2, 0.25) is 10.0 Å². The van der Waals surface area contributed by atoms with Crippen molar-refractivity contribution in [2.24, 2.45) is 0 Å². The summed E-state index contributed by atoms with van der Waals surface area (Å²) in [6.45, 7) is 2.49. The number of benzene rings is 1. The Morgan fingerprint density at radius 1 is 1.38 bits per heavy atom. The Morgan fingerprint density at radius 3 is 2.62 bits per heavy atom. The van der Waals surface area contributed by atoms with Crippen LogP contribution in [-0.2, 0) is 16.6 Å². The van der Waals surface area contributed by atoms with Gasteiger partial charge in [-0.2, -0.15) is 5.10 Å². The van der Waals surface area contributed by atoms with Crippen LogP contribution in [0.5, 0.6) is 0 Å². The van der Waals surface area contributed by atoms with Crippen LogP contribution in [0.2, 0.25) is 0 Å². The summed E-state index contributed by atoms with van der Waals surface area (Å²) in [6.07, 6.45) is 1.74. The van der Waals surface area contributed by atoms with Gasteiger partial charge < -0.3 is 11.1 Å². The van der Waals surface area contributed by atoms with Crippen molar-refractivity contribution in [2.45, 2.75) is 18.4 Å². The number of H-pyrrole nitrogens is 1. The van der Waals surface area contributed by atoms with Crippen LogP contribution in [0.4, 0.5) is 11.4 Å². The Labute approximate surface area is 124 Å². The quantitative estimate of drug-likeness (QED) is 0.719. The molecule has 1 aromatic carbocycles. The van der Waals surface area contributed by atoms with Crippen LogP contribution in [0.1, 0.15) is 11.3 Å². The molecule has 114 valence electrons. The highest BCUT2D eigenvalue weighted by Gasteiger charge is 2.18. The van der Waals surface area contributed by atoms with Crippen molar-refractivity contribution in [3.05, 3.63) is 35.7 Å². The lowest BCUT2D eigenvalue weighted by Gasteiger charge is -2.14. The van der Waals surface area contributed by atoms with Gasteiger partial charge in [0, 0.05) is 31.9 Å². The minimum atomic E-state index is -3.47. The van der Waals surface area contributed by atoms with Crippen molar-refractivity contribution in [1.82, 2.24) is 14.5 Å². The third-order valence-electron chi connectivity index (χ3n) is 3.21. The van der Waals surface area contributed by atoms with Gasteiger partial charge in [-0.3, -0.25) is 5.10 Å². The summed E-state index contributed by atoms with van der Waals surface area (Å²) < 4.78 is 25.2. The van der Waals surface area contributed by atoms with Gasteiger partial charge in [-0.15, -0.1) is 0 Å². The van der Waals surface area contributed by atoms with Crippen molar-refractivity contribution in [1.29, 1.82) is 0 Å². The number of anilines is 2. The predicted molar refractivity (Wildman–Crippen MR) is 82.4 cm³/mol. The molecule has 0 saturated heterocycles. The lowest BCUT2D eigenvalue weighted by molar-refractivity contribution is 0.521. The van der Waals surface area contributed by atoms with E-state index in [-0.39, 0.29) is 4.90 Å². The molecule has 7 nitrogen and oxygen atoms in total. The lowest BCUT2D eigenvalue weighted by atomic mass is 10.2. The van der Waals surface area contributed by atoms with Gasteiger partial charge in [-0.05, 0) is 25.1 Å². The lowest BCUT2D eigenvalue weighted by Crippen LogP contribution is -2.22. The van der Waals surface area contributed by atoms with E-state index >= 15 is 0 Å². The summed E-state index contributed by atoms with van der Waals surface area (Å²) in [5.41, 5.74) is 9.01. The summed E-state index contributed by atoms with van der Waals surface area (Å²) in [5, 5.41) is 9.97. The number of nitrogens with zero attached hydrogens (tertiary/aromatic N) is 2. The number of sulfonamides is 1. The molecule has 0 radical (unpaired) electrons. The SMILES string of the molecule is Cc1[nH]ncc1CNc1ccc(S(=O)(=O)N(C)C)cc1N. The van der Waals surface area contributed by atoms with E-state index in [9.17, 15) is 8.42 Å². The van der Waals surface area contributed by atoms with Gasteiger partial charge in [0.15, 0.2) is 0 Å². The number of hydrogen-bond donors (Lipinski definition) is 3. The fourth-order valence-corrected chi connectivity index (χ4v) is 2.75. The number of nitrogen functional groups attached to an aromatic ring is 1. The average Bonchev–Trinajstić information content (AvgIpc) is 2.82. The number of aryl methyl sites for hydroxylation is 1. The zero-order valence-electron chi connectivity index (χ0n) is 12.2. The third kappa shape index (κ3) is 3.17. The molecule has 0 aliphatic rings. The molecule has 4 N–H and O–H groups in total. The standard InChI is InChI=1S/C13H19N5O2S/c1-9-10(8-16-17-9)7-15-13-5-4-11(6-12(13)14)21(19,20)18(2)3/h4-6,8,15H,7,14H2,1-3H3,(H,16,17). The summed E-state index contributed by atoms with van der Waals surface area (Å²) in [7, 11) is -0.500. The zero-order valence-corrected chi connectivity index (χ0v) is 13.0. The van der Waals surface area contributed by atoms with E-state index in [0.717, 1.165) is 15.6 Å². The van der Waals surface area contributed by atoms with Crippen LogP contribution in [-0.4, -0.2) is 37.0 Å². The van der Waals surface area contributed by atoms with Crippen LogP contribution >= 0.6 is 0 Å². The van der Waals surface area contributed by atoms with Gasteiger partial charge in [0.25, 0.3) is 0 Å². The van der Waals surface area contributed by atoms with Crippen molar-refractivity contribution in [2.75, 3.05) is 25.1 Å². The number of aromatic nitrogens is 2. The number of aromatic amines is 1. The molecular weight excluding hydrogens is 290 g/mol. The minimum Gasteiger partial charge on any atom is -0.397 e. The molecule has 0 spiro atoms. The highest BCUT2D eigenvalue weighted by atomic mass is 32.2. The van der Waals surface area contributed by atoms with Gasteiger partial charge in [-0.25, -0.2) is 12.7 Å². The normalized spacial score (nSPS) is 11.8. The molecule has 0 aliphatic heterocycles. The summed E-state index contributed by atoms with van der Waals surface area (Å²) in [5.74, 6) is 0. The van der Waals surface area contributed by atoms with Crippen LogP contribution in [0.25, 0.3) is 0 Å². The topological polar surface area (TPSA) is 104 Å². The van der Waals surface area contributed by atoms with Crippen molar-refractivity contribution in [3.63, 3.8) is 0 Å². The second-order valence-electron chi connectivity index (χ2n) is 4.91. The van der Waals surface area contributed by atoms with Gasteiger partial charge >= 0.3 is 0 Å². The molecule has 0 amide bonds. The van der Waals surface area contributed by atoms with Crippen LogP contribution < -0.4 is 11.1 Å². The molecule has 0 unspecified atom stereocenters. The maximum absolute atomic E-state index is 12.0. The van der Waals surface area contributed by atoms with Crippen molar-refractivity contribution in [3.8, 4) is 0 Å². The van der Waals surface area contributed by atoms with Crippen molar-refractivity contribution >= 4 is 21.4 Å². The smallest absolute Gasteiger partial charge is 0.242 e. The minimum absolute atomic E-state index is 0.176. The first-order valence-corrected chi connectivity index (χ1v) is 7.81. The highest BCUT2D eigenvalue weighted by molar-refractivity contribution is 7.89. The van der Waals surface area contributed by atoms with Gasteiger partial charge in [0.1, 0.15) is 0 Å². The number of nitrogens with one attached hydrogen (secondary N) is 2. The van der Waals surface area contributed by atoms with E-state index in [1.54, 1.807) is 12.3 Å². The Morgan fingerprint density at radius 2 is 2.10 bits per heavy atom. The maximum Gasteiger partial charge on any atom is 0.242 e. The molecule has 0 atom stereocenters. The number of hydrogen-bond acceptors (Lipinski definition) is 5. The number of nitrogens with two attached hydrogens (primary N) is 1. The zero-order chi connectivity index (χ0) is 15.6. The highest BCUT2D eigenvalue weighted by Crippen LogP contribution is 2.24. The van der Waals surface area contributed by atoms with Gasteiger partial charge in [0.05, 0.1) is 22.5 Å². The molecule has 0 fully saturated rings. The summed E-state index contributed by atoms with van der Waals surface area (Å²) >= 11 is 0. The molecule has 8 heteroatoms. The fourth-order valence-electron chi connectivity index (χ4n) is 1.82. The van der Waals surface area contributed by atoms with E-state index in [1.165, 1.54) is 26.2 Å². The first-order valence-electron chi connectivity index (χ1n) is 6.37. The number of rotatable bonds is 5. The Kier molecular flexibility index (Phi) is 4.19. The van der Waals surface area contributed by atoms with E-state index in [4.69, 9.17) is 5.73 Å². The molecule has 0 saturated carbocycles. The van der Waals surface area contributed by atoms with E-state index in [0.29, 0.717) is 17.9 Å². The first kappa shape index (κ1) is 15.3. The Hall–Kier alpha value is -2.06. The largest absolute Gasteiger partial charge is 0.397 e. The average molecular weight is 309 g/mol. The second kappa shape index (κ2) is 5.74. The molecule has 0 aliphatic carbocycles. The van der Waals surface area contributed by atoms with Crippen molar-refractivity contribution < 1.29 is 8.42 Å². The van der Waals surface area contributed by atoms with E-state index in [2.05, 4.69) is 15.5 Å². The predicted octanol–water partition coefficient (Wildman–Crippen LogP) is 1.16. The van der Waals surface area contributed by atoms with Crippen LogP contribution in [0.3, 0.4) is 0 Å². The Balaban J connectivity index is 2.19. The monoisotopic (exact) mass is 309 g/mol. The van der Waals surface area contributed by atoms with E-state index in [1.807, 2.05) is 6.92 Å². The molecular formula is C13H19N5O2S. The molecule has 1 aromatic heterocycles. The molecule has 1 heterocycles. The van der Waals surface area contributed by atoms with E-state index < -0.39 is 10.0 Å². The van der Waals surface area contributed by atoms with Crippen LogP contribution in [0, 0.1) is 6.92 Å². The molecule has 2 aromatic rings. The Bertz CT molecular complexity index is 737. The molecule has 2 rings (SSSR count). The third-order valence-corrected chi connectivity index (χ3v) is 5.02. The van der Waals surface area contributed by atoms with Crippen LogP contribution in [0.15, 0.2) is 29.3 Å².